The highest BCUT2D eigenvalue weighted by Gasteiger charge is 2.42. The summed E-state index contributed by atoms with van der Waals surface area (Å²) in [6, 6.07) is 3.22. The Morgan fingerprint density at radius 1 is 0.792 bits per heavy atom. The first-order valence-electron chi connectivity index (χ1n) is 6.35. The topological polar surface area (TPSA) is 161 Å². The van der Waals surface area contributed by atoms with E-state index in [1.807, 2.05) is 0 Å². The van der Waals surface area contributed by atoms with Crippen molar-refractivity contribution in [2.45, 2.75) is 0 Å². The lowest BCUT2D eigenvalue weighted by atomic mass is 9.81. The average Bonchev–Trinajstić information content (AvgIpc) is 2.51. The summed E-state index contributed by atoms with van der Waals surface area (Å²) in [5.74, 6) is -3.48. The van der Waals surface area contributed by atoms with Crippen LogP contribution in [0.25, 0.3) is 0 Å². The zero-order chi connectivity index (χ0) is 17.8. The number of ketones is 2. The minimum Gasteiger partial charge on any atom is -0.508 e. The molecule has 2 N–H and O–H groups in total. The van der Waals surface area contributed by atoms with Crippen molar-refractivity contribution >= 4 is 22.9 Å². The third kappa shape index (κ3) is 1.90. The van der Waals surface area contributed by atoms with Gasteiger partial charge in [0.15, 0.2) is 5.78 Å². The molecule has 24 heavy (non-hydrogen) atoms. The van der Waals surface area contributed by atoms with Crippen molar-refractivity contribution in [3.8, 4) is 11.5 Å². The van der Waals surface area contributed by atoms with E-state index in [2.05, 4.69) is 0 Å². The van der Waals surface area contributed by atoms with Gasteiger partial charge in [-0.1, -0.05) is 0 Å². The fourth-order valence-corrected chi connectivity index (χ4v) is 2.63. The fourth-order valence-electron chi connectivity index (χ4n) is 2.63. The van der Waals surface area contributed by atoms with Crippen molar-refractivity contribution in [2.24, 2.45) is 0 Å². The molecule has 0 unspecified atom stereocenters. The van der Waals surface area contributed by atoms with E-state index in [4.69, 9.17) is 0 Å². The van der Waals surface area contributed by atoms with Gasteiger partial charge in [0.25, 0.3) is 11.4 Å². The molecule has 0 saturated heterocycles. The SMILES string of the molecule is O=C1c2cc(O)cc([N+](=O)[O-])c2C(=O)c2c([N+](=O)[O-])ccc(O)c21. The Bertz CT molecular complexity index is 979. The molecule has 3 rings (SSSR count). The Morgan fingerprint density at radius 2 is 1.42 bits per heavy atom. The number of fused-ring (bicyclic) bond motifs is 2. The van der Waals surface area contributed by atoms with Crippen molar-refractivity contribution in [3.63, 3.8) is 0 Å². The van der Waals surface area contributed by atoms with Crippen molar-refractivity contribution in [2.75, 3.05) is 0 Å². The Hall–Kier alpha value is -3.82. The summed E-state index contributed by atoms with van der Waals surface area (Å²) in [5, 5.41) is 41.6. The van der Waals surface area contributed by atoms with Gasteiger partial charge in [-0.25, -0.2) is 0 Å². The van der Waals surface area contributed by atoms with E-state index in [1.54, 1.807) is 0 Å². The van der Waals surface area contributed by atoms with Gasteiger partial charge < -0.3 is 10.2 Å². The van der Waals surface area contributed by atoms with Crippen LogP contribution in [0.2, 0.25) is 0 Å². The standard InChI is InChI=1S/C14H6N2O8/c17-5-3-6-10(8(4-5)16(23)24)14(20)11-7(15(21)22)1-2-9(18)12(11)13(6)19/h1-4,17-18H. The number of benzene rings is 2. The third-order valence-corrected chi connectivity index (χ3v) is 3.58. The largest absolute Gasteiger partial charge is 0.508 e. The number of carbonyl (C=O) groups is 2. The van der Waals surface area contributed by atoms with Crippen LogP contribution in [0.1, 0.15) is 31.8 Å². The lowest BCUT2D eigenvalue weighted by molar-refractivity contribution is -0.385. The molecule has 0 saturated carbocycles. The van der Waals surface area contributed by atoms with Gasteiger partial charge in [0.05, 0.1) is 21.5 Å². The molecule has 0 bridgehead atoms. The molecule has 0 heterocycles. The predicted octanol–water partition coefficient (Wildman–Crippen LogP) is 1.69. The highest BCUT2D eigenvalue weighted by Crippen LogP contribution is 2.41. The smallest absolute Gasteiger partial charge is 0.285 e. The van der Waals surface area contributed by atoms with E-state index >= 15 is 0 Å². The first-order valence-corrected chi connectivity index (χ1v) is 6.35. The van der Waals surface area contributed by atoms with Crippen LogP contribution in [0.5, 0.6) is 11.5 Å². The van der Waals surface area contributed by atoms with Crippen LogP contribution < -0.4 is 0 Å². The number of hydrogen-bond acceptors (Lipinski definition) is 8. The minimum atomic E-state index is -1.14. The summed E-state index contributed by atoms with van der Waals surface area (Å²) in [4.78, 5) is 45.4. The summed E-state index contributed by atoms with van der Waals surface area (Å²) >= 11 is 0. The molecular formula is C14H6N2O8. The normalized spacial score (nSPS) is 12.5. The van der Waals surface area contributed by atoms with Gasteiger partial charge in [0.1, 0.15) is 22.6 Å². The van der Waals surface area contributed by atoms with Gasteiger partial charge in [-0.3, -0.25) is 29.8 Å². The van der Waals surface area contributed by atoms with Gasteiger partial charge in [-0.05, 0) is 12.1 Å². The van der Waals surface area contributed by atoms with E-state index in [9.17, 15) is 40.0 Å². The average molecular weight is 330 g/mol. The van der Waals surface area contributed by atoms with Crippen LogP contribution in [-0.4, -0.2) is 31.6 Å². The monoisotopic (exact) mass is 330 g/mol. The maximum Gasteiger partial charge on any atom is 0.285 e. The van der Waals surface area contributed by atoms with E-state index in [0.717, 1.165) is 18.2 Å². The van der Waals surface area contributed by atoms with Gasteiger partial charge in [-0.2, -0.15) is 0 Å². The Balaban J connectivity index is 2.46. The third-order valence-electron chi connectivity index (χ3n) is 3.58. The number of carbonyl (C=O) groups excluding carboxylic acids is 2. The molecule has 0 spiro atoms. The van der Waals surface area contributed by atoms with Crippen molar-refractivity contribution in [1.29, 1.82) is 0 Å². The van der Waals surface area contributed by atoms with Gasteiger partial charge in [0, 0.05) is 11.6 Å². The van der Waals surface area contributed by atoms with E-state index in [0.29, 0.717) is 6.07 Å². The Kier molecular flexibility index (Phi) is 3.04. The minimum absolute atomic E-state index is 0.505. The Morgan fingerprint density at radius 3 is 2.00 bits per heavy atom. The molecule has 0 aromatic heterocycles. The lowest BCUT2D eigenvalue weighted by Gasteiger charge is -2.18. The summed E-state index contributed by atoms with van der Waals surface area (Å²) in [6.07, 6.45) is 0. The van der Waals surface area contributed by atoms with Crippen LogP contribution in [0.3, 0.4) is 0 Å². The molecule has 0 amide bonds. The second-order valence-electron chi connectivity index (χ2n) is 4.91. The number of nitro benzene ring substituents is 2. The molecular weight excluding hydrogens is 324 g/mol. The fraction of sp³-hybridized carbons (Fsp3) is 0. The van der Waals surface area contributed by atoms with Gasteiger partial charge >= 0.3 is 0 Å². The van der Waals surface area contributed by atoms with Crippen LogP contribution >= 0.6 is 0 Å². The zero-order valence-electron chi connectivity index (χ0n) is 11.5. The number of aromatic hydroxyl groups is 2. The summed E-state index contributed by atoms with van der Waals surface area (Å²) in [7, 11) is 0. The molecule has 0 aliphatic heterocycles. The van der Waals surface area contributed by atoms with Gasteiger partial charge in [-0.15, -0.1) is 0 Å². The van der Waals surface area contributed by atoms with E-state index in [1.165, 1.54) is 0 Å². The molecule has 0 radical (unpaired) electrons. The molecule has 2 aromatic rings. The molecule has 2 aromatic carbocycles. The second-order valence-corrected chi connectivity index (χ2v) is 4.91. The van der Waals surface area contributed by atoms with Crippen LogP contribution in [0.4, 0.5) is 11.4 Å². The van der Waals surface area contributed by atoms with Crippen molar-refractivity contribution in [3.05, 3.63) is 66.7 Å². The maximum absolute atomic E-state index is 12.6. The number of rotatable bonds is 2. The zero-order valence-corrected chi connectivity index (χ0v) is 11.5. The summed E-state index contributed by atoms with van der Waals surface area (Å²) < 4.78 is 0. The highest BCUT2D eigenvalue weighted by molar-refractivity contribution is 6.32. The highest BCUT2D eigenvalue weighted by atomic mass is 16.6. The molecule has 10 heteroatoms. The van der Waals surface area contributed by atoms with Crippen LogP contribution in [0.15, 0.2) is 24.3 Å². The first kappa shape index (κ1) is 15.1. The molecule has 0 atom stereocenters. The number of hydrogen-bond donors (Lipinski definition) is 2. The molecule has 1 aliphatic carbocycles. The van der Waals surface area contributed by atoms with Crippen LogP contribution in [0, 0.1) is 20.2 Å². The molecule has 1 aliphatic rings. The lowest BCUT2D eigenvalue weighted by Crippen LogP contribution is -2.23. The van der Waals surface area contributed by atoms with E-state index in [-0.39, 0.29) is 0 Å². The summed E-state index contributed by atoms with van der Waals surface area (Å²) in [5.41, 5.74) is -4.12. The summed E-state index contributed by atoms with van der Waals surface area (Å²) in [6.45, 7) is 0. The van der Waals surface area contributed by atoms with Crippen molar-refractivity contribution < 1.29 is 29.6 Å². The number of nitro groups is 2. The maximum atomic E-state index is 12.6. The molecule has 0 fully saturated rings. The van der Waals surface area contributed by atoms with Crippen molar-refractivity contribution in [1.82, 2.24) is 0 Å². The molecule has 10 nitrogen and oxygen atoms in total. The van der Waals surface area contributed by atoms with E-state index < -0.39 is 66.5 Å². The Labute approximate surface area is 131 Å². The van der Waals surface area contributed by atoms with Crippen LogP contribution in [-0.2, 0) is 0 Å². The van der Waals surface area contributed by atoms with Gasteiger partial charge in [0.2, 0.25) is 5.78 Å². The second kappa shape index (κ2) is 4.84. The number of phenolic OH excluding ortho intramolecular Hbond substituents is 2. The number of nitrogens with zero attached hydrogens (tertiary/aromatic N) is 2. The quantitative estimate of drug-likeness (QED) is 0.530. The number of phenols is 2. The molecule has 120 valence electrons. The first-order chi connectivity index (χ1) is 11.2. The predicted molar refractivity (Wildman–Crippen MR) is 76.4 cm³/mol.